The van der Waals surface area contributed by atoms with Crippen molar-refractivity contribution < 1.29 is 35.0 Å². The van der Waals surface area contributed by atoms with Gasteiger partial charge in [-0.15, -0.1) is 13.2 Å². The number of alkyl halides is 1. The molecule has 0 bridgehead atoms. The Balaban J connectivity index is 0.000000889. The quantitative estimate of drug-likeness (QED) is 0.0548. The molecule has 0 aliphatic carbocycles. The van der Waals surface area contributed by atoms with Crippen molar-refractivity contribution in [3.63, 3.8) is 0 Å². The Kier molecular flexibility index (Phi) is 18.7. The van der Waals surface area contributed by atoms with E-state index in [1.807, 2.05) is 59.7 Å². The molecule has 3 unspecified atom stereocenters. The Morgan fingerprint density at radius 3 is 1.54 bits per heavy atom. The molecule has 0 saturated heterocycles. The summed E-state index contributed by atoms with van der Waals surface area (Å²) in [6, 6.07) is 7.41. The molecule has 284 valence electrons. The molecule has 2 rings (SSSR count). The van der Waals surface area contributed by atoms with Crippen LogP contribution in [0.1, 0.15) is 95.7 Å². The van der Waals surface area contributed by atoms with Gasteiger partial charge in [-0.3, -0.25) is 0 Å². The van der Waals surface area contributed by atoms with Crippen LogP contribution in [-0.2, 0) is 27.4 Å². The number of benzene rings is 2. The minimum absolute atomic E-state index is 0.112. The first-order chi connectivity index (χ1) is 22.7. The molecule has 50 heavy (non-hydrogen) atoms. The molecule has 5 N–H and O–H groups in total. The van der Waals surface area contributed by atoms with E-state index >= 15 is 0 Å². The highest BCUT2D eigenvalue weighted by molar-refractivity contribution is 9.09. The summed E-state index contributed by atoms with van der Waals surface area (Å²) in [5.74, 6) is 0.749. The lowest BCUT2D eigenvalue weighted by Crippen LogP contribution is -2.60. The molecule has 3 atom stereocenters. The maximum absolute atomic E-state index is 10.8. The van der Waals surface area contributed by atoms with Crippen LogP contribution in [0.2, 0.25) is 0 Å². The Bertz CT molecular complexity index is 1420. The van der Waals surface area contributed by atoms with Gasteiger partial charge in [-0.05, 0) is 96.7 Å². The molecule has 10 heteroatoms. The number of ether oxygens (including phenoxy) is 2. The number of thiol groups is 2. The summed E-state index contributed by atoms with van der Waals surface area (Å²) in [4.78, 5) is 0. The molecular weight excluding hydrogens is 736 g/mol. The average molecular weight is 800 g/mol. The van der Waals surface area contributed by atoms with E-state index in [9.17, 15) is 25.5 Å². The minimum atomic E-state index is -1.18. The average Bonchev–Trinajstić information content (AvgIpc) is 3.02. The van der Waals surface area contributed by atoms with Crippen LogP contribution in [0.25, 0.3) is 0 Å². The summed E-state index contributed by atoms with van der Waals surface area (Å²) in [5, 5.41) is 51.3. The third-order valence-corrected chi connectivity index (χ3v) is 11.9. The number of aliphatic hydroxyl groups is 4. The summed E-state index contributed by atoms with van der Waals surface area (Å²) in [7, 11) is 0. The monoisotopic (exact) mass is 798 g/mol. The fourth-order valence-electron chi connectivity index (χ4n) is 5.22. The Labute approximate surface area is 321 Å². The Hall–Kier alpha value is -1.76. The first-order valence-electron chi connectivity index (χ1n) is 16.5. The van der Waals surface area contributed by atoms with Gasteiger partial charge in [0, 0.05) is 26.6 Å². The van der Waals surface area contributed by atoms with Gasteiger partial charge >= 0.3 is 0 Å². The molecule has 2 aromatic carbocycles. The molecule has 7 nitrogen and oxygen atoms in total. The number of allylic oxidation sites excluding steroid dienone is 1. The zero-order valence-corrected chi connectivity index (χ0v) is 35.4. The van der Waals surface area contributed by atoms with Gasteiger partial charge in [-0.2, -0.15) is 25.3 Å². The zero-order chi connectivity index (χ0) is 39.5. The lowest BCUT2D eigenvalue weighted by molar-refractivity contribution is -0.169. The smallest absolute Gasteiger partial charge is 0.128 e. The van der Waals surface area contributed by atoms with Gasteiger partial charge in [-0.25, -0.2) is 0 Å². The van der Waals surface area contributed by atoms with Crippen molar-refractivity contribution in [2.45, 2.75) is 116 Å². The summed E-state index contributed by atoms with van der Waals surface area (Å²) < 4.78 is 10.2. The van der Waals surface area contributed by atoms with E-state index in [4.69, 9.17) is 34.7 Å². The summed E-state index contributed by atoms with van der Waals surface area (Å²) >= 11 is 12.8. The van der Waals surface area contributed by atoms with Gasteiger partial charge in [0.05, 0.1) is 35.8 Å². The molecule has 0 aromatic heterocycles. The van der Waals surface area contributed by atoms with Crippen LogP contribution in [0, 0.1) is 19.3 Å². The van der Waals surface area contributed by atoms with Gasteiger partial charge in [-0.1, -0.05) is 66.7 Å². The summed E-state index contributed by atoms with van der Waals surface area (Å²) in [6.07, 6.45) is 5.09. The van der Waals surface area contributed by atoms with E-state index in [1.54, 1.807) is 58.9 Å². The number of aliphatic hydroxyl groups excluding tert-OH is 2. The Morgan fingerprint density at radius 1 is 0.700 bits per heavy atom. The van der Waals surface area contributed by atoms with Gasteiger partial charge in [0.1, 0.15) is 23.7 Å². The van der Waals surface area contributed by atoms with Gasteiger partial charge in [0.2, 0.25) is 0 Å². The van der Waals surface area contributed by atoms with E-state index in [0.717, 1.165) is 22.0 Å². The van der Waals surface area contributed by atoms with E-state index in [0.29, 0.717) is 29.0 Å². The van der Waals surface area contributed by atoms with Crippen molar-refractivity contribution in [3.8, 4) is 11.5 Å². The van der Waals surface area contributed by atoms with Gasteiger partial charge in [0.15, 0.2) is 0 Å². The van der Waals surface area contributed by atoms with Crippen molar-refractivity contribution in [1.82, 2.24) is 0 Å². The predicted octanol–water partition coefficient (Wildman–Crippen LogP) is 8.63. The van der Waals surface area contributed by atoms with Crippen LogP contribution in [0.15, 0.2) is 62.2 Å². The fraction of sp³-hybridized carbons (Fsp3) is 0.550. The molecule has 0 fully saturated rings. The molecule has 2 aromatic rings. The second-order valence-electron chi connectivity index (χ2n) is 14.5. The van der Waals surface area contributed by atoms with Crippen molar-refractivity contribution >= 4 is 41.2 Å². The number of halogens is 1. The Morgan fingerprint density at radius 2 is 1.14 bits per heavy atom. The van der Waals surface area contributed by atoms with Crippen LogP contribution >= 0.6 is 41.2 Å². The largest absolute Gasteiger partial charge is 0.507 e. The van der Waals surface area contributed by atoms with Crippen LogP contribution in [0.3, 0.4) is 0 Å². The van der Waals surface area contributed by atoms with E-state index in [2.05, 4.69) is 35.7 Å². The van der Waals surface area contributed by atoms with Crippen molar-refractivity contribution in [2.24, 2.45) is 5.41 Å². The van der Waals surface area contributed by atoms with Crippen molar-refractivity contribution in [2.75, 3.05) is 18.5 Å². The minimum Gasteiger partial charge on any atom is -0.507 e. The predicted molar refractivity (Wildman–Crippen MR) is 219 cm³/mol. The van der Waals surface area contributed by atoms with Crippen LogP contribution in [-0.4, -0.2) is 60.9 Å². The molecular formula is C40H63BrO7S2. The number of hydrogen-bond donors (Lipinski definition) is 7. The highest BCUT2D eigenvalue weighted by Gasteiger charge is 2.54. The van der Waals surface area contributed by atoms with Crippen LogP contribution in [0.5, 0.6) is 11.5 Å². The topological polar surface area (TPSA) is 120 Å². The number of phenols is 1. The van der Waals surface area contributed by atoms with Crippen LogP contribution in [0.4, 0.5) is 0 Å². The summed E-state index contributed by atoms with van der Waals surface area (Å²) in [5.41, 5.74) is 0.713. The van der Waals surface area contributed by atoms with Gasteiger partial charge in [0.25, 0.3) is 0 Å². The van der Waals surface area contributed by atoms with Crippen molar-refractivity contribution in [3.05, 3.63) is 95.6 Å². The first kappa shape index (κ1) is 48.2. The summed E-state index contributed by atoms with van der Waals surface area (Å²) in [6.45, 7) is 31.3. The highest BCUT2D eigenvalue weighted by atomic mass is 79.9. The van der Waals surface area contributed by atoms with Crippen molar-refractivity contribution in [1.29, 1.82) is 0 Å². The SMILES string of the molecule is C=CCBr.C=CCOc1c(C)cc(C(C)(S)C(C)(OCC=C)C(C)(C)O)cc1CO.Cc1cc(C(C)(S)C(C)(C)C(C)(C)O)cc(CO)c1O. The van der Waals surface area contributed by atoms with Gasteiger partial charge < -0.3 is 35.0 Å². The van der Waals surface area contributed by atoms with Crippen LogP contribution < -0.4 is 4.74 Å². The normalized spacial score (nSPS) is 15.5. The maximum Gasteiger partial charge on any atom is 0.128 e. The zero-order valence-electron chi connectivity index (χ0n) is 32.0. The molecule has 0 aliphatic heterocycles. The van der Waals surface area contributed by atoms with E-state index in [1.165, 1.54) is 0 Å². The molecule has 0 saturated carbocycles. The fourth-order valence-corrected chi connectivity index (χ4v) is 6.09. The first-order valence-corrected chi connectivity index (χ1v) is 18.5. The number of aromatic hydroxyl groups is 1. The second kappa shape index (κ2) is 19.4. The molecule has 0 aliphatic rings. The number of aryl methyl sites for hydroxylation is 2. The molecule has 0 amide bonds. The molecule has 0 radical (unpaired) electrons. The molecule has 0 heterocycles. The molecule has 0 spiro atoms. The number of hydrogen-bond acceptors (Lipinski definition) is 9. The maximum atomic E-state index is 10.8. The lowest BCUT2D eigenvalue weighted by Gasteiger charge is -2.50. The lowest BCUT2D eigenvalue weighted by atomic mass is 9.65. The van der Waals surface area contributed by atoms with E-state index in [-0.39, 0.29) is 25.6 Å². The highest BCUT2D eigenvalue weighted by Crippen LogP contribution is 2.52. The third-order valence-electron chi connectivity index (χ3n) is 9.98. The van der Waals surface area contributed by atoms with E-state index < -0.39 is 31.7 Å². The third kappa shape index (κ3) is 11.1. The second-order valence-corrected chi connectivity index (χ2v) is 16.9. The number of rotatable bonds is 15. The standard InChI is InChI=1S/C21H32O4S.C16H26O3S.C3H5Br/c1-8-10-24-18-15(3)12-17(13-16(18)14-22)20(6,26)21(7,19(4,5)23)25-11-9-2;1-10-7-12(8-11(9-17)13(10)18)16(6,20)14(2,3)15(4,5)19;1-2-3-4/h8-9,12-13,22-23,26H,1-2,10-11,14H2,3-7H3;7-8,17-20H,9H2,1-6H3;2H,1,3H2.